The molecule has 0 spiro atoms. The molecular formula is C35H44SSi. The molecule has 0 saturated heterocycles. The Bertz CT molecular complexity index is 1310. The Balaban J connectivity index is 1.37. The average molecular weight is 525 g/mol. The number of benzene rings is 3. The highest BCUT2D eigenvalue weighted by atomic mass is 32.2. The van der Waals surface area contributed by atoms with Crippen molar-refractivity contribution < 1.29 is 0 Å². The third-order valence-corrected chi connectivity index (χ3v) is 17.4. The molecule has 0 amide bonds. The highest BCUT2D eigenvalue weighted by Crippen LogP contribution is 2.67. The van der Waals surface area contributed by atoms with Crippen molar-refractivity contribution in [2.45, 2.75) is 93.6 Å². The largest absolute Gasteiger partial charge is 0.122 e. The van der Waals surface area contributed by atoms with E-state index in [4.69, 9.17) is 0 Å². The number of hydrogen-bond acceptors (Lipinski definition) is 1. The molecule has 37 heavy (non-hydrogen) atoms. The van der Waals surface area contributed by atoms with Gasteiger partial charge in [-0.05, 0) is 80.1 Å². The van der Waals surface area contributed by atoms with Crippen LogP contribution >= 0.6 is 11.8 Å². The van der Waals surface area contributed by atoms with Gasteiger partial charge in [0, 0.05) is 16.1 Å². The maximum Gasteiger partial charge on any atom is 0.0600 e. The Kier molecular flexibility index (Phi) is 6.12. The van der Waals surface area contributed by atoms with E-state index in [9.17, 15) is 0 Å². The molecule has 0 radical (unpaired) electrons. The molecule has 0 nitrogen and oxygen atoms in total. The van der Waals surface area contributed by atoms with Crippen molar-refractivity contribution in [2.75, 3.05) is 0 Å². The van der Waals surface area contributed by atoms with Gasteiger partial charge in [-0.1, -0.05) is 115 Å². The summed E-state index contributed by atoms with van der Waals surface area (Å²) in [6.07, 6.45) is 1.23. The zero-order chi connectivity index (χ0) is 26.3. The molecule has 3 aromatic carbocycles. The van der Waals surface area contributed by atoms with Gasteiger partial charge < -0.3 is 0 Å². The van der Waals surface area contributed by atoms with Crippen LogP contribution in [0.4, 0.5) is 0 Å². The molecule has 7 unspecified atom stereocenters. The maximum atomic E-state index is 2.76. The van der Waals surface area contributed by atoms with Crippen molar-refractivity contribution in [1.29, 1.82) is 0 Å². The first kappa shape index (κ1) is 25.5. The Morgan fingerprint density at radius 2 is 1.46 bits per heavy atom. The molecule has 1 saturated carbocycles. The quantitative estimate of drug-likeness (QED) is 0.307. The normalized spacial score (nSPS) is 30.8. The van der Waals surface area contributed by atoms with Crippen LogP contribution in [0.2, 0.25) is 18.6 Å². The molecule has 194 valence electrons. The van der Waals surface area contributed by atoms with Gasteiger partial charge in [0.1, 0.15) is 0 Å². The van der Waals surface area contributed by atoms with E-state index in [0.717, 1.165) is 40.0 Å². The van der Waals surface area contributed by atoms with Crippen LogP contribution in [-0.2, 0) is 11.8 Å². The number of thioether (sulfide) groups is 1. The molecule has 6 rings (SSSR count). The lowest BCUT2D eigenvalue weighted by Gasteiger charge is -2.43. The fourth-order valence-corrected chi connectivity index (χ4v) is 17.6. The van der Waals surface area contributed by atoms with Crippen LogP contribution in [0.5, 0.6) is 0 Å². The lowest BCUT2D eigenvalue weighted by atomic mass is 9.86. The first-order chi connectivity index (χ1) is 17.5. The van der Waals surface area contributed by atoms with Gasteiger partial charge in [0.2, 0.25) is 0 Å². The number of hydrogen-bond donors (Lipinski definition) is 0. The van der Waals surface area contributed by atoms with E-state index >= 15 is 0 Å². The van der Waals surface area contributed by atoms with E-state index in [1.165, 1.54) is 23.1 Å². The van der Waals surface area contributed by atoms with Crippen LogP contribution in [0.15, 0.2) is 71.6 Å². The molecule has 7 atom stereocenters. The second kappa shape index (κ2) is 8.88. The summed E-state index contributed by atoms with van der Waals surface area (Å²) in [4.78, 5) is 1.56. The van der Waals surface area contributed by atoms with Crippen LogP contribution in [0.1, 0.15) is 75.3 Å². The average Bonchev–Trinajstić information content (AvgIpc) is 3.47. The molecule has 1 fully saturated rings. The predicted octanol–water partition coefficient (Wildman–Crippen LogP) is 10.1. The summed E-state index contributed by atoms with van der Waals surface area (Å²) in [5.74, 6) is 3.02. The second-order valence-corrected chi connectivity index (χ2v) is 20.2. The minimum atomic E-state index is -1.66. The van der Waals surface area contributed by atoms with E-state index in [1.54, 1.807) is 21.6 Å². The third-order valence-electron chi connectivity index (χ3n) is 10.6. The Morgan fingerprint density at radius 1 is 0.784 bits per heavy atom. The molecular weight excluding hydrogens is 481 g/mol. The smallest absolute Gasteiger partial charge is 0.0600 e. The summed E-state index contributed by atoms with van der Waals surface area (Å²) in [7, 11) is -1.66. The lowest BCUT2D eigenvalue weighted by Crippen LogP contribution is -2.46. The van der Waals surface area contributed by atoms with Crippen molar-refractivity contribution in [3.8, 4) is 11.1 Å². The van der Waals surface area contributed by atoms with Crippen molar-refractivity contribution >= 4 is 19.8 Å². The number of fused-ring (bicyclic) bond motifs is 4. The Hall–Kier alpha value is -1.77. The predicted molar refractivity (Wildman–Crippen MR) is 165 cm³/mol. The van der Waals surface area contributed by atoms with Crippen molar-refractivity contribution in [1.82, 2.24) is 0 Å². The van der Waals surface area contributed by atoms with Gasteiger partial charge in [0.15, 0.2) is 0 Å². The van der Waals surface area contributed by atoms with Crippen LogP contribution < -0.4 is 0 Å². The standard InChI is InChI=1S/C35H44SSi/c1-21-20-29-26(24-16-18-25(19-17-24)35(4,5)6)13-11-14-27(29)33(21)37(7,8)34-23(3)22(2)31-28-12-9-10-15-30(28)36-32(31)34/h9-19,21-23,31-34H,20H2,1-8H3. The summed E-state index contributed by atoms with van der Waals surface area (Å²) in [6, 6.07) is 26.0. The van der Waals surface area contributed by atoms with Crippen LogP contribution in [0.25, 0.3) is 11.1 Å². The zero-order valence-corrected chi connectivity index (χ0v) is 25.8. The summed E-state index contributed by atoms with van der Waals surface area (Å²) < 4.78 is 0. The minimum absolute atomic E-state index is 0.192. The van der Waals surface area contributed by atoms with E-state index < -0.39 is 8.07 Å². The van der Waals surface area contributed by atoms with Gasteiger partial charge in [-0.25, -0.2) is 0 Å². The second-order valence-electron chi connectivity index (χ2n) is 14.1. The molecule has 1 aliphatic heterocycles. The molecule has 0 aromatic heterocycles. The van der Waals surface area contributed by atoms with Gasteiger partial charge in [0.25, 0.3) is 0 Å². The molecule has 0 N–H and O–H groups in total. The van der Waals surface area contributed by atoms with E-state index in [-0.39, 0.29) is 5.41 Å². The van der Waals surface area contributed by atoms with Crippen LogP contribution in [0.3, 0.4) is 0 Å². The van der Waals surface area contributed by atoms with Crippen molar-refractivity contribution in [2.24, 2.45) is 17.8 Å². The Morgan fingerprint density at radius 3 is 2.16 bits per heavy atom. The van der Waals surface area contributed by atoms with Crippen LogP contribution in [0, 0.1) is 17.8 Å². The van der Waals surface area contributed by atoms with E-state index in [1.807, 2.05) is 0 Å². The fraction of sp³-hybridized carbons (Fsp3) is 0.486. The first-order valence-electron chi connectivity index (χ1n) is 14.5. The van der Waals surface area contributed by atoms with Gasteiger partial charge >= 0.3 is 0 Å². The molecule has 2 heteroatoms. The lowest BCUT2D eigenvalue weighted by molar-refractivity contribution is 0.416. The van der Waals surface area contributed by atoms with Crippen molar-refractivity contribution in [3.63, 3.8) is 0 Å². The molecule has 1 heterocycles. The summed E-state index contributed by atoms with van der Waals surface area (Å²) in [5.41, 5.74) is 11.0. The van der Waals surface area contributed by atoms with Gasteiger partial charge in [-0.2, -0.15) is 0 Å². The van der Waals surface area contributed by atoms with Crippen LogP contribution in [-0.4, -0.2) is 13.3 Å². The minimum Gasteiger partial charge on any atom is -0.122 e. The topological polar surface area (TPSA) is 0 Å². The third kappa shape index (κ3) is 3.92. The summed E-state index contributed by atoms with van der Waals surface area (Å²) in [6.45, 7) is 20.1. The van der Waals surface area contributed by atoms with Gasteiger partial charge in [-0.15, -0.1) is 11.8 Å². The molecule has 0 bridgehead atoms. The summed E-state index contributed by atoms with van der Waals surface area (Å²) >= 11 is 2.23. The number of rotatable bonds is 3. The maximum absolute atomic E-state index is 2.76. The summed E-state index contributed by atoms with van der Waals surface area (Å²) in [5, 5.41) is 0.758. The first-order valence-corrected chi connectivity index (χ1v) is 18.5. The van der Waals surface area contributed by atoms with Gasteiger partial charge in [-0.3, -0.25) is 0 Å². The monoisotopic (exact) mass is 524 g/mol. The fourth-order valence-electron chi connectivity index (χ4n) is 8.83. The Labute approximate surface area is 230 Å². The highest BCUT2D eigenvalue weighted by Gasteiger charge is 2.59. The van der Waals surface area contributed by atoms with Gasteiger partial charge in [0.05, 0.1) is 8.07 Å². The molecule has 3 aliphatic rings. The highest BCUT2D eigenvalue weighted by molar-refractivity contribution is 8.00. The van der Waals surface area contributed by atoms with Crippen molar-refractivity contribution in [3.05, 3.63) is 89.0 Å². The zero-order valence-electron chi connectivity index (χ0n) is 24.0. The van der Waals surface area contributed by atoms with E-state index in [0.29, 0.717) is 0 Å². The SMILES string of the molecule is CC1Cc2c(-c3ccc(C(C)(C)C)cc3)cccc2C1[Si](C)(C)C1C(C)C(C)C2c3ccccc3SC21. The van der Waals surface area contributed by atoms with E-state index in [2.05, 4.69) is 133 Å². The molecule has 3 aromatic rings. The molecule has 2 aliphatic carbocycles.